The molecule has 2 rings (SSSR count). The lowest BCUT2D eigenvalue weighted by Crippen LogP contribution is -2.52. The number of likely N-dealkylation sites (N-methyl/N-ethyl adjacent to an activating group) is 1. The molecule has 0 heterocycles. The summed E-state index contributed by atoms with van der Waals surface area (Å²) < 4.78 is 0. The Labute approximate surface area is 132 Å². The van der Waals surface area contributed by atoms with Crippen LogP contribution in [0.2, 0.25) is 0 Å². The minimum absolute atomic E-state index is 0.122. The van der Waals surface area contributed by atoms with Crippen LogP contribution in [-0.4, -0.2) is 35.2 Å². The van der Waals surface area contributed by atoms with E-state index in [1.807, 2.05) is 0 Å². The van der Waals surface area contributed by atoms with Gasteiger partial charge in [0, 0.05) is 12.1 Å². The van der Waals surface area contributed by atoms with Crippen molar-refractivity contribution in [3.05, 3.63) is 0 Å². The maximum atomic E-state index is 10.5. The van der Waals surface area contributed by atoms with Gasteiger partial charge in [0.1, 0.15) is 0 Å². The zero-order valence-electron chi connectivity index (χ0n) is 15.2. The van der Waals surface area contributed by atoms with Crippen LogP contribution in [0.15, 0.2) is 0 Å². The van der Waals surface area contributed by atoms with E-state index in [1.165, 1.54) is 38.5 Å². The summed E-state index contributed by atoms with van der Waals surface area (Å²) in [5.74, 6) is 0.744. The SMILES string of the molecule is CN(C1CCC(C)(C)CC1)C1CC(C(C)(C)C)CCC1O. The standard InChI is InChI=1S/C19H37NO/c1-18(2,3)14-7-8-17(21)16(13-14)20(6)15-9-11-19(4,5)12-10-15/h14-17,21H,7-13H2,1-6H3. The summed E-state index contributed by atoms with van der Waals surface area (Å²) in [4.78, 5) is 2.54. The van der Waals surface area contributed by atoms with E-state index in [9.17, 15) is 5.11 Å². The van der Waals surface area contributed by atoms with Gasteiger partial charge in [-0.2, -0.15) is 0 Å². The summed E-state index contributed by atoms with van der Waals surface area (Å²) in [5, 5.41) is 10.5. The summed E-state index contributed by atoms with van der Waals surface area (Å²) in [6, 6.07) is 1.05. The molecule has 124 valence electrons. The van der Waals surface area contributed by atoms with E-state index >= 15 is 0 Å². The summed E-state index contributed by atoms with van der Waals surface area (Å²) >= 11 is 0. The van der Waals surface area contributed by atoms with Crippen molar-refractivity contribution in [1.82, 2.24) is 4.90 Å². The van der Waals surface area contributed by atoms with Crippen LogP contribution < -0.4 is 0 Å². The summed E-state index contributed by atoms with van der Waals surface area (Å²) in [6.07, 6.45) is 8.47. The highest BCUT2D eigenvalue weighted by Gasteiger charge is 2.39. The van der Waals surface area contributed by atoms with Crippen molar-refractivity contribution in [2.24, 2.45) is 16.7 Å². The van der Waals surface area contributed by atoms with Crippen molar-refractivity contribution >= 4 is 0 Å². The van der Waals surface area contributed by atoms with Crippen LogP contribution in [0, 0.1) is 16.7 Å². The maximum absolute atomic E-state index is 10.5. The molecule has 2 nitrogen and oxygen atoms in total. The molecule has 0 spiro atoms. The van der Waals surface area contributed by atoms with Gasteiger partial charge in [0.2, 0.25) is 0 Å². The van der Waals surface area contributed by atoms with Crippen LogP contribution in [0.1, 0.15) is 79.6 Å². The summed E-state index contributed by atoms with van der Waals surface area (Å²) in [6.45, 7) is 11.9. The van der Waals surface area contributed by atoms with Gasteiger partial charge in [-0.1, -0.05) is 34.6 Å². The third-order valence-electron chi connectivity index (χ3n) is 6.41. The van der Waals surface area contributed by atoms with E-state index in [2.05, 4.69) is 46.6 Å². The second kappa shape index (κ2) is 6.20. The minimum Gasteiger partial charge on any atom is -0.391 e. The van der Waals surface area contributed by atoms with Gasteiger partial charge in [-0.15, -0.1) is 0 Å². The molecule has 2 aliphatic rings. The van der Waals surface area contributed by atoms with Gasteiger partial charge in [-0.3, -0.25) is 4.90 Å². The van der Waals surface area contributed by atoms with E-state index in [1.54, 1.807) is 0 Å². The second-order valence-corrected chi connectivity index (χ2v) is 9.57. The third-order valence-corrected chi connectivity index (χ3v) is 6.41. The van der Waals surface area contributed by atoms with Crippen LogP contribution in [-0.2, 0) is 0 Å². The lowest BCUT2D eigenvalue weighted by Gasteiger charge is -2.47. The molecule has 0 aromatic heterocycles. The first-order valence-electron chi connectivity index (χ1n) is 9.00. The lowest BCUT2D eigenvalue weighted by molar-refractivity contribution is -0.0328. The molecule has 0 bridgehead atoms. The van der Waals surface area contributed by atoms with E-state index in [0.29, 0.717) is 22.9 Å². The first kappa shape index (κ1) is 17.3. The van der Waals surface area contributed by atoms with Crippen molar-refractivity contribution in [2.75, 3.05) is 7.05 Å². The van der Waals surface area contributed by atoms with Crippen molar-refractivity contribution in [1.29, 1.82) is 0 Å². The Morgan fingerprint density at radius 2 is 1.57 bits per heavy atom. The van der Waals surface area contributed by atoms with Crippen LogP contribution >= 0.6 is 0 Å². The second-order valence-electron chi connectivity index (χ2n) is 9.57. The van der Waals surface area contributed by atoms with Crippen molar-refractivity contribution in [2.45, 2.75) is 97.8 Å². The fraction of sp³-hybridized carbons (Fsp3) is 1.00. The Morgan fingerprint density at radius 3 is 2.10 bits per heavy atom. The molecule has 0 aliphatic heterocycles. The fourth-order valence-corrected chi connectivity index (χ4v) is 4.42. The van der Waals surface area contributed by atoms with E-state index in [-0.39, 0.29) is 6.10 Å². The molecule has 3 unspecified atom stereocenters. The largest absolute Gasteiger partial charge is 0.391 e. The average Bonchev–Trinajstić information content (AvgIpc) is 2.37. The fourth-order valence-electron chi connectivity index (χ4n) is 4.42. The van der Waals surface area contributed by atoms with Gasteiger partial charge in [-0.25, -0.2) is 0 Å². The van der Waals surface area contributed by atoms with Crippen LogP contribution in [0.3, 0.4) is 0 Å². The molecule has 21 heavy (non-hydrogen) atoms. The first-order valence-corrected chi connectivity index (χ1v) is 9.00. The molecule has 2 saturated carbocycles. The first-order chi connectivity index (χ1) is 9.60. The number of nitrogens with zero attached hydrogens (tertiary/aromatic N) is 1. The van der Waals surface area contributed by atoms with Gasteiger partial charge < -0.3 is 5.11 Å². The average molecular weight is 296 g/mol. The number of hydrogen-bond acceptors (Lipinski definition) is 2. The summed E-state index contributed by atoms with van der Waals surface area (Å²) in [7, 11) is 2.27. The van der Waals surface area contributed by atoms with Gasteiger partial charge in [0.25, 0.3) is 0 Å². The Hall–Kier alpha value is -0.0800. The maximum Gasteiger partial charge on any atom is 0.0695 e. The third kappa shape index (κ3) is 4.22. The topological polar surface area (TPSA) is 23.5 Å². The predicted molar refractivity (Wildman–Crippen MR) is 90.4 cm³/mol. The molecule has 2 fully saturated rings. The predicted octanol–water partition coefficient (Wildman–Crippen LogP) is 4.46. The molecule has 1 N–H and O–H groups in total. The Kier molecular flexibility index (Phi) is 5.10. The number of aliphatic hydroxyl groups excluding tert-OH is 1. The lowest BCUT2D eigenvalue weighted by atomic mass is 9.69. The molecule has 0 aromatic carbocycles. The monoisotopic (exact) mass is 295 g/mol. The molecule has 0 amide bonds. The van der Waals surface area contributed by atoms with Crippen LogP contribution in [0.25, 0.3) is 0 Å². The van der Waals surface area contributed by atoms with Crippen LogP contribution in [0.5, 0.6) is 0 Å². The molecule has 0 radical (unpaired) electrons. The van der Waals surface area contributed by atoms with Gasteiger partial charge in [0.05, 0.1) is 6.10 Å². The van der Waals surface area contributed by atoms with Gasteiger partial charge in [-0.05, 0) is 68.7 Å². The Balaban J connectivity index is 1.98. The van der Waals surface area contributed by atoms with E-state index in [0.717, 1.165) is 12.3 Å². The van der Waals surface area contributed by atoms with E-state index in [4.69, 9.17) is 0 Å². The van der Waals surface area contributed by atoms with Crippen molar-refractivity contribution < 1.29 is 5.11 Å². The zero-order chi connectivity index (χ0) is 15.8. The molecule has 3 atom stereocenters. The Morgan fingerprint density at radius 1 is 1.00 bits per heavy atom. The minimum atomic E-state index is -0.122. The normalized spacial score (nSPS) is 35.1. The molecular formula is C19H37NO. The smallest absolute Gasteiger partial charge is 0.0695 e. The summed E-state index contributed by atoms with van der Waals surface area (Å²) in [5.41, 5.74) is 0.893. The van der Waals surface area contributed by atoms with E-state index < -0.39 is 0 Å². The molecule has 2 heteroatoms. The zero-order valence-corrected chi connectivity index (χ0v) is 15.2. The Bertz CT molecular complexity index is 334. The quantitative estimate of drug-likeness (QED) is 0.813. The van der Waals surface area contributed by atoms with Crippen molar-refractivity contribution in [3.63, 3.8) is 0 Å². The van der Waals surface area contributed by atoms with Gasteiger partial charge in [0.15, 0.2) is 0 Å². The molecule has 0 aromatic rings. The number of aliphatic hydroxyl groups is 1. The van der Waals surface area contributed by atoms with Crippen molar-refractivity contribution in [3.8, 4) is 0 Å². The molecular weight excluding hydrogens is 258 g/mol. The van der Waals surface area contributed by atoms with Crippen LogP contribution in [0.4, 0.5) is 0 Å². The number of hydrogen-bond donors (Lipinski definition) is 1. The highest BCUT2D eigenvalue weighted by Crippen LogP contribution is 2.42. The highest BCUT2D eigenvalue weighted by atomic mass is 16.3. The highest BCUT2D eigenvalue weighted by molar-refractivity contribution is 4.93. The number of rotatable bonds is 2. The molecule has 2 aliphatic carbocycles. The van der Waals surface area contributed by atoms with Gasteiger partial charge >= 0.3 is 0 Å². The molecule has 0 saturated heterocycles.